The fourth-order valence-electron chi connectivity index (χ4n) is 3.73. The van der Waals surface area contributed by atoms with E-state index in [1.807, 2.05) is 6.07 Å². The molecule has 0 radical (unpaired) electrons. The molecular weight excluding hydrogens is 484 g/mol. The smallest absolute Gasteiger partial charge is 0.228 e. The number of anilines is 1. The predicted octanol–water partition coefficient (Wildman–Crippen LogP) is 6.00. The van der Waals surface area contributed by atoms with Crippen molar-refractivity contribution >= 4 is 52.2 Å². The summed E-state index contributed by atoms with van der Waals surface area (Å²) >= 11 is 24.9. The Bertz CT molecular complexity index is 1200. The number of hydrogen-bond acceptors (Lipinski definition) is 6. The molecule has 3 heterocycles. The first-order valence-electron chi connectivity index (χ1n) is 9.48. The summed E-state index contributed by atoms with van der Waals surface area (Å²) in [7, 11) is 0. The Labute approximate surface area is 198 Å². The molecule has 1 N–H and O–H groups in total. The topological polar surface area (TPSA) is 67.7 Å². The number of fused-ring (bicyclic) bond motifs is 2. The van der Waals surface area contributed by atoms with E-state index in [4.69, 9.17) is 60.9 Å². The van der Waals surface area contributed by atoms with Gasteiger partial charge >= 0.3 is 0 Å². The summed E-state index contributed by atoms with van der Waals surface area (Å²) in [6.07, 6.45) is 0.500. The van der Waals surface area contributed by atoms with Crippen LogP contribution in [-0.2, 0) is 11.2 Å². The molecule has 1 saturated heterocycles. The molecule has 5 rings (SSSR count). The number of aromatic hydroxyl groups is 1. The van der Waals surface area contributed by atoms with E-state index < -0.39 is 0 Å². The SMILES string of the molecule is Oc1c(Cl)cc(Cl)cc1-c1nc2c(c(N3CCOCC3)n1)Cc1cc(Cl)cc(Cl)c1O2. The van der Waals surface area contributed by atoms with Crippen LogP contribution in [0.25, 0.3) is 11.4 Å². The van der Waals surface area contributed by atoms with E-state index in [9.17, 15) is 5.11 Å². The van der Waals surface area contributed by atoms with Crippen molar-refractivity contribution in [1.82, 2.24) is 9.97 Å². The molecule has 160 valence electrons. The second-order valence-electron chi connectivity index (χ2n) is 7.19. The van der Waals surface area contributed by atoms with Gasteiger partial charge in [0, 0.05) is 35.1 Å². The first-order valence-corrected chi connectivity index (χ1v) is 11.0. The number of halogens is 4. The lowest BCUT2D eigenvalue weighted by atomic mass is 10.0. The molecule has 6 nitrogen and oxygen atoms in total. The Kier molecular flexibility index (Phi) is 5.52. The first-order chi connectivity index (χ1) is 14.9. The van der Waals surface area contributed by atoms with Gasteiger partial charge in [-0.15, -0.1) is 0 Å². The van der Waals surface area contributed by atoms with Gasteiger partial charge in [0.2, 0.25) is 5.88 Å². The van der Waals surface area contributed by atoms with E-state index in [2.05, 4.69) is 9.88 Å². The van der Waals surface area contributed by atoms with Crippen LogP contribution in [0.2, 0.25) is 20.1 Å². The molecule has 2 aliphatic heterocycles. The number of rotatable bonds is 2. The highest BCUT2D eigenvalue weighted by Crippen LogP contribution is 2.46. The fourth-order valence-corrected chi connectivity index (χ4v) is 4.80. The van der Waals surface area contributed by atoms with Gasteiger partial charge in [-0.2, -0.15) is 4.98 Å². The fraction of sp³-hybridized carbons (Fsp3) is 0.238. The second kappa shape index (κ2) is 8.19. The molecule has 0 saturated carbocycles. The van der Waals surface area contributed by atoms with Gasteiger partial charge in [-0.1, -0.05) is 46.4 Å². The summed E-state index contributed by atoms with van der Waals surface area (Å²) in [4.78, 5) is 11.5. The van der Waals surface area contributed by atoms with Gasteiger partial charge in [-0.25, -0.2) is 4.98 Å². The Morgan fingerprint density at radius 1 is 0.903 bits per heavy atom. The van der Waals surface area contributed by atoms with Crippen molar-refractivity contribution in [2.45, 2.75) is 6.42 Å². The van der Waals surface area contributed by atoms with Crippen molar-refractivity contribution in [2.75, 3.05) is 31.2 Å². The maximum absolute atomic E-state index is 10.5. The number of ether oxygens (including phenoxy) is 2. The molecule has 1 fully saturated rings. The van der Waals surface area contributed by atoms with Gasteiger partial charge in [0.1, 0.15) is 11.6 Å². The third-order valence-corrected chi connectivity index (χ3v) is 6.18. The molecule has 10 heteroatoms. The number of phenolic OH excluding ortho intramolecular Hbond substituents is 1. The summed E-state index contributed by atoms with van der Waals surface area (Å²) in [6, 6.07) is 6.47. The molecule has 31 heavy (non-hydrogen) atoms. The van der Waals surface area contributed by atoms with E-state index in [0.29, 0.717) is 70.8 Å². The van der Waals surface area contributed by atoms with Crippen molar-refractivity contribution in [2.24, 2.45) is 0 Å². The Balaban J connectivity index is 1.70. The molecule has 2 aliphatic rings. The minimum Gasteiger partial charge on any atom is -0.506 e. The van der Waals surface area contributed by atoms with Crippen molar-refractivity contribution in [3.63, 3.8) is 0 Å². The first kappa shape index (κ1) is 20.9. The third-order valence-electron chi connectivity index (χ3n) is 5.18. The number of aromatic nitrogens is 2. The molecule has 0 aliphatic carbocycles. The average molecular weight is 499 g/mol. The van der Waals surface area contributed by atoms with E-state index in [1.54, 1.807) is 12.1 Å². The van der Waals surface area contributed by atoms with Crippen LogP contribution in [0.3, 0.4) is 0 Å². The minimum absolute atomic E-state index is 0.112. The zero-order valence-electron chi connectivity index (χ0n) is 16.0. The second-order valence-corrected chi connectivity index (χ2v) is 8.88. The van der Waals surface area contributed by atoms with Crippen LogP contribution in [0, 0.1) is 0 Å². The van der Waals surface area contributed by atoms with Crippen molar-refractivity contribution < 1.29 is 14.6 Å². The third kappa shape index (κ3) is 3.88. The lowest BCUT2D eigenvalue weighted by Crippen LogP contribution is -2.37. The van der Waals surface area contributed by atoms with E-state index in [-0.39, 0.29) is 16.6 Å². The van der Waals surface area contributed by atoms with Crippen molar-refractivity contribution in [3.05, 3.63) is 55.5 Å². The highest BCUT2D eigenvalue weighted by Gasteiger charge is 2.29. The quantitative estimate of drug-likeness (QED) is 0.365. The van der Waals surface area contributed by atoms with E-state index >= 15 is 0 Å². The maximum Gasteiger partial charge on any atom is 0.228 e. The van der Waals surface area contributed by atoms with Gasteiger partial charge in [0.05, 0.1) is 34.4 Å². The Hall–Kier alpha value is -1.96. The minimum atomic E-state index is -0.153. The monoisotopic (exact) mass is 497 g/mol. The highest BCUT2D eigenvalue weighted by atomic mass is 35.5. The van der Waals surface area contributed by atoms with Crippen LogP contribution in [0.1, 0.15) is 11.1 Å². The van der Waals surface area contributed by atoms with Crippen LogP contribution >= 0.6 is 46.4 Å². The lowest BCUT2D eigenvalue weighted by Gasteiger charge is -2.32. The van der Waals surface area contributed by atoms with Crippen LogP contribution in [-0.4, -0.2) is 41.4 Å². The van der Waals surface area contributed by atoms with Gasteiger partial charge < -0.3 is 19.5 Å². The lowest BCUT2D eigenvalue weighted by molar-refractivity contribution is 0.122. The Morgan fingerprint density at radius 3 is 2.39 bits per heavy atom. The molecule has 0 spiro atoms. The van der Waals surface area contributed by atoms with Crippen LogP contribution in [0.15, 0.2) is 24.3 Å². The number of phenols is 1. The summed E-state index contributed by atoms with van der Waals surface area (Å²) in [6.45, 7) is 2.48. The van der Waals surface area contributed by atoms with Gasteiger partial charge in [0.15, 0.2) is 11.6 Å². The molecule has 0 bridgehead atoms. The van der Waals surface area contributed by atoms with Crippen molar-refractivity contribution in [1.29, 1.82) is 0 Å². The predicted molar refractivity (Wildman–Crippen MR) is 122 cm³/mol. The summed E-state index contributed by atoms with van der Waals surface area (Å²) in [5.41, 5.74) is 1.97. The molecule has 0 unspecified atom stereocenters. The average Bonchev–Trinajstić information content (AvgIpc) is 2.75. The molecule has 3 aromatic rings. The van der Waals surface area contributed by atoms with E-state index in [1.165, 1.54) is 6.07 Å². The summed E-state index contributed by atoms with van der Waals surface area (Å²) < 4.78 is 11.6. The normalized spacial score (nSPS) is 15.3. The number of hydrogen-bond donors (Lipinski definition) is 1. The van der Waals surface area contributed by atoms with E-state index in [0.717, 1.165) is 11.1 Å². The molecular formula is C21H15Cl4N3O3. The van der Waals surface area contributed by atoms with Gasteiger partial charge in [-0.05, 0) is 24.3 Å². The van der Waals surface area contributed by atoms with Gasteiger partial charge in [-0.3, -0.25) is 0 Å². The number of nitrogens with zero attached hydrogens (tertiary/aromatic N) is 3. The molecule has 1 aromatic heterocycles. The Morgan fingerprint density at radius 2 is 1.61 bits per heavy atom. The standard InChI is InChI=1S/C21H15Cl4N3O3/c22-11-5-10-6-14-20(28-1-3-30-4-2-28)26-19(13-7-12(23)8-15(24)17(13)29)27-21(14)31-18(10)16(25)9-11/h5,7-9,29H,1-4,6H2. The van der Waals surface area contributed by atoms with Crippen molar-refractivity contribution in [3.8, 4) is 28.8 Å². The zero-order chi connectivity index (χ0) is 21.7. The number of morpholine rings is 1. The maximum atomic E-state index is 10.5. The van der Waals surface area contributed by atoms with Crippen LogP contribution < -0.4 is 9.64 Å². The van der Waals surface area contributed by atoms with Crippen LogP contribution in [0.4, 0.5) is 5.82 Å². The summed E-state index contributed by atoms with van der Waals surface area (Å²) in [5, 5.41) is 11.9. The molecule has 0 amide bonds. The largest absolute Gasteiger partial charge is 0.506 e. The zero-order valence-corrected chi connectivity index (χ0v) is 19.0. The van der Waals surface area contributed by atoms with Gasteiger partial charge in [0.25, 0.3) is 0 Å². The summed E-state index contributed by atoms with van der Waals surface area (Å²) in [5.74, 6) is 1.65. The number of benzene rings is 2. The van der Waals surface area contributed by atoms with Crippen LogP contribution in [0.5, 0.6) is 17.4 Å². The molecule has 0 atom stereocenters. The molecule has 2 aromatic carbocycles. The highest BCUT2D eigenvalue weighted by molar-refractivity contribution is 6.36.